The number of anilines is 1. The Kier molecular flexibility index (Phi) is 4.77. The van der Waals surface area contributed by atoms with E-state index >= 15 is 0 Å². The minimum atomic E-state index is -0.0488. The van der Waals surface area contributed by atoms with Crippen molar-refractivity contribution in [2.24, 2.45) is 0 Å². The zero-order valence-electron chi connectivity index (χ0n) is 16.7. The molecule has 1 fully saturated rings. The molecule has 0 aliphatic carbocycles. The van der Waals surface area contributed by atoms with Crippen molar-refractivity contribution < 1.29 is 4.79 Å². The quantitative estimate of drug-likeness (QED) is 0.553. The summed E-state index contributed by atoms with van der Waals surface area (Å²) in [6.07, 6.45) is 5.26. The van der Waals surface area contributed by atoms with Crippen LogP contribution in [0, 0.1) is 11.3 Å². The van der Waals surface area contributed by atoms with Gasteiger partial charge in [0.15, 0.2) is 0 Å². The van der Waals surface area contributed by atoms with Crippen molar-refractivity contribution in [3.8, 4) is 17.2 Å². The average molecular weight is 405 g/mol. The summed E-state index contributed by atoms with van der Waals surface area (Å²) in [7, 11) is 0. The van der Waals surface area contributed by atoms with Crippen LogP contribution < -0.4 is 5.32 Å². The SMILES string of the molecule is N#Cc1cccc(-c2cc(NC3CN(C(=O)c4ccccn4)C3)c3cnccc3c2)c1. The summed E-state index contributed by atoms with van der Waals surface area (Å²) in [4.78, 5) is 22.8. The second-order valence-corrected chi connectivity index (χ2v) is 7.58. The van der Waals surface area contributed by atoms with Gasteiger partial charge >= 0.3 is 0 Å². The molecule has 5 rings (SSSR count). The van der Waals surface area contributed by atoms with Gasteiger partial charge in [-0.1, -0.05) is 18.2 Å². The molecule has 3 heterocycles. The Balaban J connectivity index is 1.40. The fraction of sp³-hybridized carbons (Fsp3) is 0.120. The van der Waals surface area contributed by atoms with Crippen molar-refractivity contribution in [2.75, 3.05) is 18.4 Å². The molecule has 0 spiro atoms. The molecule has 2 aromatic carbocycles. The Morgan fingerprint density at radius 1 is 1.03 bits per heavy atom. The van der Waals surface area contributed by atoms with E-state index < -0.39 is 0 Å². The lowest BCUT2D eigenvalue weighted by molar-refractivity contribution is 0.0619. The number of likely N-dealkylation sites (tertiary alicyclic amines) is 1. The average Bonchev–Trinajstić information content (AvgIpc) is 2.81. The summed E-state index contributed by atoms with van der Waals surface area (Å²) in [6, 6.07) is 21.5. The molecule has 150 valence electrons. The highest BCUT2D eigenvalue weighted by Gasteiger charge is 2.32. The third kappa shape index (κ3) is 3.69. The third-order valence-corrected chi connectivity index (χ3v) is 5.49. The fourth-order valence-corrected chi connectivity index (χ4v) is 3.86. The normalized spacial score (nSPS) is 13.5. The van der Waals surface area contributed by atoms with Crippen LogP contribution in [0.4, 0.5) is 5.69 Å². The number of fused-ring (bicyclic) bond motifs is 1. The number of carbonyl (C=O) groups excluding carboxylic acids is 1. The van der Waals surface area contributed by atoms with Crippen LogP contribution in [0.2, 0.25) is 0 Å². The maximum absolute atomic E-state index is 12.5. The van der Waals surface area contributed by atoms with Crippen LogP contribution in [0.15, 0.2) is 79.3 Å². The highest BCUT2D eigenvalue weighted by Crippen LogP contribution is 2.32. The first kappa shape index (κ1) is 18.8. The van der Waals surface area contributed by atoms with E-state index in [-0.39, 0.29) is 11.9 Å². The van der Waals surface area contributed by atoms with E-state index in [9.17, 15) is 10.1 Å². The zero-order chi connectivity index (χ0) is 21.2. The number of pyridine rings is 2. The van der Waals surface area contributed by atoms with E-state index in [1.165, 1.54) is 0 Å². The Bertz CT molecular complexity index is 1310. The van der Waals surface area contributed by atoms with Crippen molar-refractivity contribution in [1.82, 2.24) is 14.9 Å². The molecule has 4 aromatic rings. The first-order valence-electron chi connectivity index (χ1n) is 10.1. The lowest BCUT2D eigenvalue weighted by Gasteiger charge is -2.40. The molecule has 0 saturated carbocycles. The monoisotopic (exact) mass is 405 g/mol. The summed E-state index contributed by atoms with van der Waals surface area (Å²) in [5.74, 6) is -0.0488. The smallest absolute Gasteiger partial charge is 0.272 e. The third-order valence-electron chi connectivity index (χ3n) is 5.49. The van der Waals surface area contributed by atoms with Crippen molar-refractivity contribution in [3.63, 3.8) is 0 Å². The minimum Gasteiger partial charge on any atom is -0.378 e. The van der Waals surface area contributed by atoms with E-state index in [2.05, 4.69) is 33.5 Å². The van der Waals surface area contributed by atoms with Crippen LogP contribution in [0.25, 0.3) is 21.9 Å². The van der Waals surface area contributed by atoms with Gasteiger partial charge in [-0.05, 0) is 59.0 Å². The Labute approximate surface area is 179 Å². The number of hydrogen-bond donors (Lipinski definition) is 1. The predicted octanol–water partition coefficient (Wildman–Crippen LogP) is 4.10. The molecule has 31 heavy (non-hydrogen) atoms. The van der Waals surface area contributed by atoms with E-state index in [0.29, 0.717) is 24.3 Å². The standard InChI is InChI=1S/C25H19N5O/c26-13-17-4-3-5-18(10-17)20-11-19-7-9-27-14-22(19)24(12-20)29-21-15-30(16-21)25(31)23-6-1-2-8-28-23/h1-12,14,21,29H,15-16H2. The van der Waals surface area contributed by atoms with Gasteiger partial charge in [-0.25, -0.2) is 0 Å². The van der Waals surface area contributed by atoms with E-state index in [0.717, 1.165) is 27.6 Å². The first-order chi connectivity index (χ1) is 15.2. The summed E-state index contributed by atoms with van der Waals surface area (Å²) in [5, 5.41) is 14.9. The van der Waals surface area contributed by atoms with Crippen molar-refractivity contribution in [2.45, 2.75) is 6.04 Å². The molecule has 1 saturated heterocycles. The first-order valence-corrected chi connectivity index (χ1v) is 10.1. The van der Waals surface area contributed by atoms with Crippen molar-refractivity contribution in [3.05, 3.63) is 90.5 Å². The van der Waals surface area contributed by atoms with E-state index in [4.69, 9.17) is 0 Å². The van der Waals surface area contributed by atoms with Gasteiger partial charge < -0.3 is 10.2 Å². The van der Waals surface area contributed by atoms with Gasteiger partial charge in [0.25, 0.3) is 5.91 Å². The topological polar surface area (TPSA) is 81.9 Å². The van der Waals surface area contributed by atoms with Gasteiger partial charge in [-0.15, -0.1) is 0 Å². The molecular weight excluding hydrogens is 386 g/mol. The lowest BCUT2D eigenvalue weighted by atomic mass is 9.98. The summed E-state index contributed by atoms with van der Waals surface area (Å²) < 4.78 is 0. The van der Waals surface area contributed by atoms with Crippen LogP contribution in [0.1, 0.15) is 16.1 Å². The Morgan fingerprint density at radius 2 is 1.94 bits per heavy atom. The maximum Gasteiger partial charge on any atom is 0.272 e. The largest absolute Gasteiger partial charge is 0.378 e. The predicted molar refractivity (Wildman–Crippen MR) is 119 cm³/mol. The number of hydrogen-bond acceptors (Lipinski definition) is 5. The van der Waals surface area contributed by atoms with Crippen LogP contribution in [0.3, 0.4) is 0 Å². The molecule has 0 atom stereocenters. The van der Waals surface area contributed by atoms with Crippen LogP contribution in [-0.2, 0) is 0 Å². The number of rotatable bonds is 4. The lowest BCUT2D eigenvalue weighted by Crippen LogP contribution is -2.57. The number of nitrogens with zero attached hydrogens (tertiary/aromatic N) is 4. The number of nitrogens with one attached hydrogen (secondary N) is 1. The maximum atomic E-state index is 12.5. The number of amides is 1. The van der Waals surface area contributed by atoms with Gasteiger partial charge in [-0.3, -0.25) is 14.8 Å². The highest BCUT2D eigenvalue weighted by molar-refractivity contribution is 5.97. The molecule has 2 aromatic heterocycles. The molecule has 1 amide bonds. The molecule has 1 aliphatic rings. The number of benzene rings is 2. The van der Waals surface area contributed by atoms with Crippen LogP contribution >= 0.6 is 0 Å². The van der Waals surface area contributed by atoms with Crippen LogP contribution in [-0.4, -0.2) is 39.9 Å². The molecule has 6 heteroatoms. The van der Waals surface area contributed by atoms with Crippen LogP contribution in [0.5, 0.6) is 0 Å². The van der Waals surface area contributed by atoms with Gasteiger partial charge in [0.05, 0.1) is 17.7 Å². The molecular formula is C25H19N5O. The van der Waals surface area contributed by atoms with E-state index in [1.807, 2.05) is 36.5 Å². The van der Waals surface area contributed by atoms with Gasteiger partial charge in [-0.2, -0.15) is 5.26 Å². The van der Waals surface area contributed by atoms with Crippen molar-refractivity contribution in [1.29, 1.82) is 5.26 Å². The molecule has 1 aliphatic heterocycles. The van der Waals surface area contributed by atoms with Gasteiger partial charge in [0, 0.05) is 42.8 Å². The molecule has 0 bridgehead atoms. The van der Waals surface area contributed by atoms with Gasteiger partial charge in [0.1, 0.15) is 5.69 Å². The Morgan fingerprint density at radius 3 is 2.74 bits per heavy atom. The van der Waals surface area contributed by atoms with E-state index in [1.54, 1.807) is 35.5 Å². The highest BCUT2D eigenvalue weighted by atomic mass is 16.2. The number of carbonyl (C=O) groups is 1. The summed E-state index contributed by atoms with van der Waals surface area (Å²) in [5.41, 5.74) is 4.08. The minimum absolute atomic E-state index is 0.0488. The van der Waals surface area contributed by atoms with Crippen molar-refractivity contribution >= 4 is 22.4 Å². The summed E-state index contributed by atoms with van der Waals surface area (Å²) in [6.45, 7) is 1.23. The Hall–Kier alpha value is -4.24. The summed E-state index contributed by atoms with van der Waals surface area (Å²) >= 11 is 0. The molecule has 1 N–H and O–H groups in total. The number of nitriles is 1. The van der Waals surface area contributed by atoms with Gasteiger partial charge in [0.2, 0.25) is 0 Å². The second-order valence-electron chi connectivity index (χ2n) is 7.58. The molecule has 0 radical (unpaired) electrons. The molecule has 0 unspecified atom stereocenters. The zero-order valence-corrected chi connectivity index (χ0v) is 16.7. The fourth-order valence-electron chi connectivity index (χ4n) is 3.86. The number of aromatic nitrogens is 2. The molecule has 6 nitrogen and oxygen atoms in total. The second kappa shape index (κ2) is 7.88.